The van der Waals surface area contributed by atoms with Crippen LogP contribution in [-0.2, 0) is 11.3 Å². The Kier molecular flexibility index (Phi) is 5.21. The van der Waals surface area contributed by atoms with E-state index in [4.69, 9.17) is 5.11 Å². The number of carboxylic acid groups (broad SMARTS) is 1. The summed E-state index contributed by atoms with van der Waals surface area (Å²) in [6, 6.07) is 5.23. The molecule has 0 fully saturated rings. The van der Waals surface area contributed by atoms with Crippen LogP contribution in [0.4, 0.5) is 8.78 Å². The van der Waals surface area contributed by atoms with Crippen molar-refractivity contribution < 1.29 is 18.7 Å². The van der Waals surface area contributed by atoms with E-state index in [0.717, 1.165) is 23.2 Å². The number of carboxylic acids is 1. The quantitative estimate of drug-likeness (QED) is 0.853. The Morgan fingerprint density at radius 2 is 2.00 bits per heavy atom. The number of rotatable bonds is 7. The van der Waals surface area contributed by atoms with Crippen molar-refractivity contribution in [3.05, 3.63) is 47.8 Å². The van der Waals surface area contributed by atoms with Crippen molar-refractivity contribution in [3.8, 4) is 5.69 Å². The van der Waals surface area contributed by atoms with E-state index in [1.807, 2.05) is 6.92 Å². The van der Waals surface area contributed by atoms with Crippen LogP contribution in [0.15, 0.2) is 30.5 Å². The first-order chi connectivity index (χ1) is 10.5. The smallest absolute Gasteiger partial charge is 0.317 e. The van der Waals surface area contributed by atoms with Crippen LogP contribution in [0.3, 0.4) is 0 Å². The third kappa shape index (κ3) is 3.88. The second kappa shape index (κ2) is 7.13. The van der Waals surface area contributed by atoms with E-state index in [1.165, 1.54) is 12.3 Å². The Morgan fingerprint density at radius 3 is 2.59 bits per heavy atom. The first-order valence-electron chi connectivity index (χ1n) is 6.94. The summed E-state index contributed by atoms with van der Waals surface area (Å²) in [5.41, 5.74) is 0.311. The van der Waals surface area contributed by atoms with E-state index in [9.17, 15) is 13.6 Å². The maximum atomic E-state index is 13.7. The lowest BCUT2D eigenvalue weighted by molar-refractivity contribution is -0.138. The van der Waals surface area contributed by atoms with Gasteiger partial charge < -0.3 is 5.11 Å². The molecular formula is C15H17F2N3O2. The highest BCUT2D eigenvalue weighted by molar-refractivity contribution is 5.69. The molecule has 0 saturated carbocycles. The molecule has 0 unspecified atom stereocenters. The summed E-state index contributed by atoms with van der Waals surface area (Å²) >= 11 is 0. The van der Waals surface area contributed by atoms with Gasteiger partial charge in [-0.1, -0.05) is 13.0 Å². The second-order valence-corrected chi connectivity index (χ2v) is 4.93. The molecule has 1 N–H and O–H groups in total. The minimum atomic E-state index is -0.923. The van der Waals surface area contributed by atoms with Crippen LogP contribution in [0.2, 0.25) is 0 Å². The van der Waals surface area contributed by atoms with Gasteiger partial charge in [-0.25, -0.2) is 13.5 Å². The average Bonchev–Trinajstić information content (AvgIpc) is 2.86. The molecule has 2 rings (SSSR count). The maximum absolute atomic E-state index is 13.7. The van der Waals surface area contributed by atoms with Crippen LogP contribution in [0.1, 0.15) is 19.0 Å². The van der Waals surface area contributed by atoms with Gasteiger partial charge in [0, 0.05) is 12.7 Å². The van der Waals surface area contributed by atoms with E-state index in [-0.39, 0.29) is 12.2 Å². The van der Waals surface area contributed by atoms with Gasteiger partial charge in [0.1, 0.15) is 5.69 Å². The Bertz CT molecular complexity index is 638. The molecule has 7 heteroatoms. The number of hydrogen-bond donors (Lipinski definition) is 1. The molecule has 0 aliphatic heterocycles. The van der Waals surface area contributed by atoms with Gasteiger partial charge in [0.05, 0.1) is 12.2 Å². The molecule has 0 radical (unpaired) electrons. The Hall–Kier alpha value is -2.28. The molecule has 0 aliphatic rings. The van der Waals surface area contributed by atoms with Gasteiger partial charge >= 0.3 is 5.97 Å². The molecule has 118 valence electrons. The zero-order chi connectivity index (χ0) is 16.1. The summed E-state index contributed by atoms with van der Waals surface area (Å²) in [6.07, 6.45) is 2.26. The predicted molar refractivity (Wildman–Crippen MR) is 76.7 cm³/mol. The largest absolute Gasteiger partial charge is 0.480 e. The van der Waals surface area contributed by atoms with Crippen LogP contribution in [0.5, 0.6) is 0 Å². The van der Waals surface area contributed by atoms with E-state index in [2.05, 4.69) is 5.10 Å². The number of halogens is 2. The van der Waals surface area contributed by atoms with Crippen molar-refractivity contribution in [1.29, 1.82) is 0 Å². The monoisotopic (exact) mass is 309 g/mol. The van der Waals surface area contributed by atoms with Gasteiger partial charge in [-0.2, -0.15) is 5.10 Å². The fraction of sp³-hybridized carbons (Fsp3) is 0.333. The van der Waals surface area contributed by atoms with Crippen molar-refractivity contribution in [1.82, 2.24) is 14.7 Å². The molecule has 22 heavy (non-hydrogen) atoms. The first kappa shape index (κ1) is 16.1. The molecule has 0 spiro atoms. The van der Waals surface area contributed by atoms with Crippen LogP contribution >= 0.6 is 0 Å². The van der Waals surface area contributed by atoms with E-state index >= 15 is 0 Å². The molecule has 0 amide bonds. The average molecular weight is 309 g/mol. The Balaban J connectivity index is 2.18. The molecule has 1 aromatic carbocycles. The highest BCUT2D eigenvalue weighted by Crippen LogP contribution is 2.17. The van der Waals surface area contributed by atoms with Crippen molar-refractivity contribution in [2.75, 3.05) is 13.1 Å². The Morgan fingerprint density at radius 1 is 1.32 bits per heavy atom. The van der Waals surface area contributed by atoms with Crippen molar-refractivity contribution in [2.45, 2.75) is 19.9 Å². The minimum absolute atomic E-state index is 0.102. The van der Waals surface area contributed by atoms with Crippen molar-refractivity contribution >= 4 is 5.97 Å². The lowest BCUT2D eigenvalue weighted by atomic mass is 10.3. The summed E-state index contributed by atoms with van der Waals surface area (Å²) in [5.74, 6) is -2.33. The molecule has 2 aromatic rings. The van der Waals surface area contributed by atoms with E-state index in [1.54, 1.807) is 11.0 Å². The van der Waals surface area contributed by atoms with Crippen LogP contribution in [0, 0.1) is 11.6 Å². The number of nitrogens with zero attached hydrogens (tertiary/aromatic N) is 3. The van der Waals surface area contributed by atoms with Crippen LogP contribution in [0.25, 0.3) is 5.69 Å². The van der Waals surface area contributed by atoms with Gasteiger partial charge in [0.2, 0.25) is 0 Å². The highest BCUT2D eigenvalue weighted by Gasteiger charge is 2.14. The molecule has 5 nitrogen and oxygen atoms in total. The SMILES string of the molecule is CCCN(CC(=O)O)Cc1ccn(-c2c(F)cccc2F)n1. The third-order valence-corrected chi connectivity index (χ3v) is 3.10. The number of aliphatic carboxylic acids is 1. The molecule has 0 saturated heterocycles. The summed E-state index contributed by atoms with van der Waals surface area (Å²) < 4.78 is 28.6. The molecule has 0 atom stereocenters. The number of benzene rings is 1. The van der Waals surface area contributed by atoms with Crippen molar-refractivity contribution in [2.24, 2.45) is 0 Å². The summed E-state index contributed by atoms with van der Waals surface area (Å²) in [5, 5.41) is 13.0. The highest BCUT2D eigenvalue weighted by atomic mass is 19.1. The molecule has 0 bridgehead atoms. The standard InChI is InChI=1S/C15H17F2N3O2/c1-2-7-19(10-14(21)22)9-11-6-8-20(18-11)15-12(16)4-3-5-13(15)17/h3-6,8H,2,7,9-10H2,1H3,(H,21,22). The first-order valence-corrected chi connectivity index (χ1v) is 6.94. The zero-order valence-electron chi connectivity index (χ0n) is 12.2. The van der Waals surface area contributed by atoms with Crippen molar-refractivity contribution in [3.63, 3.8) is 0 Å². The van der Waals surface area contributed by atoms with Crippen LogP contribution < -0.4 is 0 Å². The topological polar surface area (TPSA) is 58.4 Å². The minimum Gasteiger partial charge on any atom is -0.480 e. The molecule has 0 aliphatic carbocycles. The number of carbonyl (C=O) groups is 1. The second-order valence-electron chi connectivity index (χ2n) is 4.93. The molecular weight excluding hydrogens is 292 g/mol. The van der Waals surface area contributed by atoms with Gasteiger partial charge in [-0.05, 0) is 31.2 Å². The lowest BCUT2D eigenvalue weighted by Crippen LogP contribution is -2.30. The van der Waals surface area contributed by atoms with E-state index in [0.29, 0.717) is 18.8 Å². The van der Waals surface area contributed by atoms with Crippen LogP contribution in [-0.4, -0.2) is 38.8 Å². The lowest BCUT2D eigenvalue weighted by Gasteiger charge is -2.17. The van der Waals surface area contributed by atoms with E-state index < -0.39 is 17.6 Å². The summed E-state index contributed by atoms with van der Waals surface area (Å²) in [4.78, 5) is 12.5. The van der Waals surface area contributed by atoms with Gasteiger partial charge in [0.15, 0.2) is 11.6 Å². The summed E-state index contributed by atoms with van der Waals surface area (Å²) in [6.45, 7) is 2.76. The van der Waals surface area contributed by atoms with Gasteiger partial charge in [-0.15, -0.1) is 0 Å². The number of para-hydroxylation sites is 1. The van der Waals surface area contributed by atoms with Gasteiger partial charge in [0.25, 0.3) is 0 Å². The number of hydrogen-bond acceptors (Lipinski definition) is 3. The third-order valence-electron chi connectivity index (χ3n) is 3.10. The molecule has 1 heterocycles. The fourth-order valence-corrected chi connectivity index (χ4v) is 2.23. The fourth-order valence-electron chi connectivity index (χ4n) is 2.23. The van der Waals surface area contributed by atoms with Gasteiger partial charge in [-0.3, -0.25) is 9.69 Å². The Labute approximate surface area is 126 Å². The summed E-state index contributed by atoms with van der Waals surface area (Å²) in [7, 11) is 0. The number of aromatic nitrogens is 2. The predicted octanol–water partition coefficient (Wildman–Crippen LogP) is 2.45. The normalized spacial score (nSPS) is 11.1. The maximum Gasteiger partial charge on any atom is 0.317 e. The zero-order valence-corrected chi connectivity index (χ0v) is 12.2. The molecule has 1 aromatic heterocycles.